The van der Waals surface area contributed by atoms with Gasteiger partial charge in [-0.3, -0.25) is 10.1 Å². The van der Waals surface area contributed by atoms with Crippen molar-refractivity contribution >= 4 is 11.4 Å². The number of para-hydroxylation sites is 2. The van der Waals surface area contributed by atoms with E-state index < -0.39 is 0 Å². The van der Waals surface area contributed by atoms with Crippen molar-refractivity contribution in [2.75, 3.05) is 11.9 Å². The van der Waals surface area contributed by atoms with Gasteiger partial charge in [-0.15, -0.1) is 0 Å². The highest BCUT2D eigenvalue weighted by Gasteiger charge is 2.22. The molecule has 0 aliphatic carbocycles. The minimum atomic E-state index is -0.390. The summed E-state index contributed by atoms with van der Waals surface area (Å²) >= 11 is 0. The van der Waals surface area contributed by atoms with E-state index in [-0.39, 0.29) is 16.7 Å². The van der Waals surface area contributed by atoms with Crippen LogP contribution in [0.25, 0.3) is 0 Å². The number of nitro benzene ring substituents is 1. The van der Waals surface area contributed by atoms with Crippen LogP contribution < -0.4 is 14.8 Å². The number of anilines is 1. The van der Waals surface area contributed by atoms with E-state index >= 15 is 0 Å². The van der Waals surface area contributed by atoms with E-state index in [1.165, 1.54) is 6.07 Å². The van der Waals surface area contributed by atoms with Crippen LogP contribution in [-0.4, -0.2) is 17.6 Å². The van der Waals surface area contributed by atoms with Gasteiger partial charge in [0, 0.05) is 30.2 Å². The number of nitrogens with one attached hydrogen (secondary N) is 1. The quantitative estimate of drug-likeness (QED) is 0.642. The highest BCUT2D eigenvalue weighted by Crippen LogP contribution is 2.36. The molecule has 1 aliphatic rings. The van der Waals surface area contributed by atoms with Crippen molar-refractivity contribution in [3.63, 3.8) is 0 Å². The van der Waals surface area contributed by atoms with Crippen molar-refractivity contribution in [1.29, 1.82) is 0 Å². The van der Waals surface area contributed by atoms with Crippen molar-refractivity contribution in [3.8, 4) is 11.5 Å². The van der Waals surface area contributed by atoms with Crippen molar-refractivity contribution in [2.24, 2.45) is 0 Å². The van der Waals surface area contributed by atoms with Gasteiger partial charge in [-0.2, -0.15) is 0 Å². The average Bonchev–Trinajstić information content (AvgIpc) is 2.92. The summed E-state index contributed by atoms with van der Waals surface area (Å²) in [5.74, 6) is 1.66. The molecule has 0 radical (unpaired) electrons. The second kappa shape index (κ2) is 6.78. The number of rotatable bonds is 6. The van der Waals surface area contributed by atoms with Crippen LogP contribution in [0, 0.1) is 10.1 Å². The zero-order chi connectivity index (χ0) is 17.1. The normalized spacial score (nSPS) is 15.5. The van der Waals surface area contributed by atoms with Gasteiger partial charge in [-0.05, 0) is 32.0 Å². The van der Waals surface area contributed by atoms with Crippen LogP contribution in [0.3, 0.4) is 0 Å². The van der Waals surface area contributed by atoms with Crippen molar-refractivity contribution < 1.29 is 14.4 Å². The number of nitrogens with zero attached hydrogens (tertiary/aromatic N) is 1. The molecule has 0 saturated heterocycles. The summed E-state index contributed by atoms with van der Waals surface area (Å²) in [6.07, 6.45) is 1.03. The number of nitro groups is 1. The van der Waals surface area contributed by atoms with Gasteiger partial charge >= 0.3 is 0 Å². The molecule has 126 valence electrons. The first-order valence-electron chi connectivity index (χ1n) is 8.01. The molecular weight excluding hydrogens is 308 g/mol. The summed E-state index contributed by atoms with van der Waals surface area (Å²) in [7, 11) is 0. The van der Waals surface area contributed by atoms with Crippen molar-refractivity contribution in [3.05, 3.63) is 57.6 Å². The van der Waals surface area contributed by atoms with Crippen LogP contribution in [0.4, 0.5) is 11.4 Å². The minimum absolute atomic E-state index is 0.0569. The van der Waals surface area contributed by atoms with E-state index in [4.69, 9.17) is 9.47 Å². The molecule has 1 aliphatic heterocycles. The predicted molar refractivity (Wildman–Crippen MR) is 91.8 cm³/mol. The summed E-state index contributed by atoms with van der Waals surface area (Å²) < 4.78 is 11.5. The molecule has 1 heterocycles. The molecule has 2 aromatic carbocycles. The fourth-order valence-electron chi connectivity index (χ4n) is 2.88. The highest BCUT2D eigenvalue weighted by atomic mass is 16.6. The zero-order valence-corrected chi connectivity index (χ0v) is 13.7. The van der Waals surface area contributed by atoms with Crippen LogP contribution in [0.5, 0.6) is 11.5 Å². The Morgan fingerprint density at radius 2 is 2.17 bits per heavy atom. The molecule has 0 bridgehead atoms. The SMILES string of the molecule is CCOc1cc2c(cc1CNc1ccccc1[N+](=O)[O-])O[C@@H](C)C2. The molecule has 6 heteroatoms. The number of ether oxygens (including phenoxy) is 2. The Morgan fingerprint density at radius 1 is 1.38 bits per heavy atom. The first-order valence-corrected chi connectivity index (χ1v) is 8.01. The molecule has 0 fully saturated rings. The average molecular weight is 328 g/mol. The Balaban J connectivity index is 1.85. The van der Waals surface area contributed by atoms with Crippen molar-refractivity contribution in [2.45, 2.75) is 32.9 Å². The van der Waals surface area contributed by atoms with E-state index in [2.05, 4.69) is 5.32 Å². The van der Waals surface area contributed by atoms with Gasteiger partial charge in [-0.25, -0.2) is 0 Å². The second-order valence-corrected chi connectivity index (χ2v) is 5.76. The van der Waals surface area contributed by atoms with Crippen molar-refractivity contribution in [1.82, 2.24) is 0 Å². The Morgan fingerprint density at radius 3 is 2.92 bits per heavy atom. The first kappa shape index (κ1) is 16.1. The fraction of sp³-hybridized carbons (Fsp3) is 0.333. The van der Waals surface area contributed by atoms with Gasteiger partial charge < -0.3 is 14.8 Å². The van der Waals surface area contributed by atoms with Crippen LogP contribution >= 0.6 is 0 Å². The number of hydrogen-bond donors (Lipinski definition) is 1. The summed E-state index contributed by atoms with van der Waals surface area (Å²) in [4.78, 5) is 10.7. The first-order chi connectivity index (χ1) is 11.6. The third-order valence-corrected chi connectivity index (χ3v) is 3.95. The predicted octanol–water partition coefficient (Wildman–Crippen LogP) is 3.93. The molecule has 1 N–H and O–H groups in total. The maximum absolute atomic E-state index is 11.1. The molecule has 1 atom stereocenters. The lowest BCUT2D eigenvalue weighted by Crippen LogP contribution is -2.06. The third-order valence-electron chi connectivity index (χ3n) is 3.95. The monoisotopic (exact) mass is 328 g/mol. The topological polar surface area (TPSA) is 73.6 Å². The summed E-state index contributed by atoms with van der Waals surface area (Å²) in [5.41, 5.74) is 2.60. The van der Waals surface area contributed by atoms with Gasteiger partial charge in [0.25, 0.3) is 5.69 Å². The van der Waals surface area contributed by atoms with E-state index in [9.17, 15) is 10.1 Å². The molecule has 3 rings (SSSR count). The minimum Gasteiger partial charge on any atom is -0.494 e. The largest absolute Gasteiger partial charge is 0.494 e. The lowest BCUT2D eigenvalue weighted by molar-refractivity contribution is -0.384. The Labute approximate surface area is 140 Å². The van der Waals surface area contributed by atoms with Gasteiger partial charge in [0.05, 0.1) is 11.5 Å². The molecule has 0 amide bonds. The van der Waals surface area contributed by atoms with Crippen LogP contribution in [0.15, 0.2) is 36.4 Å². The third kappa shape index (κ3) is 3.27. The molecule has 0 aromatic heterocycles. The number of hydrogen-bond acceptors (Lipinski definition) is 5. The highest BCUT2D eigenvalue weighted by molar-refractivity contribution is 5.61. The Bertz CT molecular complexity index is 761. The zero-order valence-electron chi connectivity index (χ0n) is 13.7. The van der Waals surface area contributed by atoms with Gasteiger partial charge in [0.2, 0.25) is 0 Å². The molecule has 0 unspecified atom stereocenters. The van der Waals surface area contributed by atoms with Gasteiger partial charge in [0.15, 0.2) is 0 Å². The maximum atomic E-state index is 11.1. The summed E-state index contributed by atoms with van der Waals surface area (Å²) in [5, 5.41) is 14.2. The Hall–Kier alpha value is -2.76. The van der Waals surface area contributed by atoms with E-state index in [0.717, 1.165) is 29.0 Å². The van der Waals surface area contributed by atoms with Gasteiger partial charge in [-0.1, -0.05) is 12.1 Å². The molecule has 2 aromatic rings. The fourth-order valence-corrected chi connectivity index (χ4v) is 2.88. The molecule has 6 nitrogen and oxygen atoms in total. The van der Waals surface area contributed by atoms with Crippen LogP contribution in [0.2, 0.25) is 0 Å². The van der Waals surface area contributed by atoms with E-state index in [1.807, 2.05) is 26.0 Å². The van der Waals surface area contributed by atoms with E-state index in [0.29, 0.717) is 18.8 Å². The molecular formula is C18H20N2O4. The number of fused-ring (bicyclic) bond motifs is 1. The summed E-state index contributed by atoms with van der Waals surface area (Å²) in [6, 6.07) is 10.6. The Kier molecular flexibility index (Phi) is 4.55. The second-order valence-electron chi connectivity index (χ2n) is 5.76. The summed E-state index contributed by atoms with van der Waals surface area (Å²) in [6.45, 7) is 4.95. The standard InChI is InChI=1S/C18H20N2O4/c1-3-23-17-9-13-8-12(2)24-18(13)10-14(17)11-19-15-6-4-5-7-16(15)20(21)22/h4-7,9-10,12,19H,3,8,11H2,1-2H3/t12-/m0/s1. The van der Waals surface area contributed by atoms with E-state index in [1.54, 1.807) is 18.2 Å². The number of benzene rings is 2. The maximum Gasteiger partial charge on any atom is 0.292 e. The van der Waals surface area contributed by atoms with Crippen LogP contribution in [0.1, 0.15) is 25.0 Å². The van der Waals surface area contributed by atoms with Gasteiger partial charge in [0.1, 0.15) is 23.3 Å². The lowest BCUT2D eigenvalue weighted by Gasteiger charge is -2.14. The molecule has 0 spiro atoms. The molecule has 0 saturated carbocycles. The molecule has 24 heavy (non-hydrogen) atoms. The lowest BCUT2D eigenvalue weighted by atomic mass is 10.1. The van der Waals surface area contributed by atoms with Crippen LogP contribution in [-0.2, 0) is 13.0 Å². The smallest absolute Gasteiger partial charge is 0.292 e.